The smallest absolute Gasteiger partial charge is 0.339 e. The first-order valence-electron chi connectivity index (χ1n) is 13.5. The molecule has 0 saturated carbocycles. The number of esters is 1. The summed E-state index contributed by atoms with van der Waals surface area (Å²) in [6.45, 7) is 2.30. The molecule has 0 spiro atoms. The molecule has 2 heterocycles. The standard InChI is InChI=1S/C33H30N4O3/c38-30(23-40-33(39)27-16-8-7-15-26(27)32-34-28-17-9-10-18-29(28)35-32)36-19-21-37(22-20-36)31(24-11-3-1-4-12-24)25-13-5-2-6-14-25/h1-18,31H,19-23H2,(H,34,35). The molecule has 5 aromatic rings. The number of nitrogens with zero attached hydrogens (tertiary/aromatic N) is 3. The van der Waals surface area contributed by atoms with E-state index in [0.29, 0.717) is 30.0 Å². The summed E-state index contributed by atoms with van der Waals surface area (Å²) in [4.78, 5) is 38.2. The molecular weight excluding hydrogens is 500 g/mol. The SMILES string of the molecule is O=C(OCC(=O)N1CCN(C(c2ccccc2)c2ccccc2)CC1)c1ccccc1-c1nc2ccccc2[nH]1. The van der Waals surface area contributed by atoms with Gasteiger partial charge in [0, 0.05) is 31.7 Å². The van der Waals surface area contributed by atoms with Crippen LogP contribution in [0.5, 0.6) is 0 Å². The summed E-state index contributed by atoms with van der Waals surface area (Å²) in [5.41, 5.74) is 5.16. The van der Waals surface area contributed by atoms with E-state index in [1.54, 1.807) is 17.0 Å². The van der Waals surface area contributed by atoms with E-state index in [1.165, 1.54) is 11.1 Å². The molecule has 1 aliphatic rings. The van der Waals surface area contributed by atoms with Crippen molar-refractivity contribution < 1.29 is 14.3 Å². The van der Waals surface area contributed by atoms with Crippen molar-refractivity contribution in [3.63, 3.8) is 0 Å². The number of aromatic amines is 1. The first kappa shape index (κ1) is 25.5. The van der Waals surface area contributed by atoms with Crippen LogP contribution in [0, 0.1) is 0 Å². The number of aromatic nitrogens is 2. The lowest BCUT2D eigenvalue weighted by Crippen LogP contribution is -2.50. The predicted molar refractivity (Wildman–Crippen MR) is 155 cm³/mol. The first-order valence-corrected chi connectivity index (χ1v) is 13.5. The van der Waals surface area contributed by atoms with Crippen LogP contribution in [-0.4, -0.2) is 64.4 Å². The van der Waals surface area contributed by atoms with E-state index in [-0.39, 0.29) is 18.6 Å². The Morgan fingerprint density at radius 2 is 1.35 bits per heavy atom. The Balaban J connectivity index is 1.09. The number of ether oxygens (including phenoxy) is 1. The van der Waals surface area contributed by atoms with Crippen LogP contribution in [0.1, 0.15) is 27.5 Å². The van der Waals surface area contributed by atoms with Crippen molar-refractivity contribution >= 4 is 22.9 Å². The van der Waals surface area contributed by atoms with Crippen molar-refractivity contribution in [1.82, 2.24) is 19.8 Å². The van der Waals surface area contributed by atoms with E-state index < -0.39 is 5.97 Å². The molecule has 1 aromatic heterocycles. The average Bonchev–Trinajstić information content (AvgIpc) is 3.46. The van der Waals surface area contributed by atoms with Gasteiger partial charge >= 0.3 is 5.97 Å². The van der Waals surface area contributed by atoms with Crippen molar-refractivity contribution in [3.05, 3.63) is 126 Å². The number of hydrogen-bond acceptors (Lipinski definition) is 5. The fourth-order valence-corrected chi connectivity index (χ4v) is 5.36. The summed E-state index contributed by atoms with van der Waals surface area (Å²) in [7, 11) is 0. The normalized spacial score (nSPS) is 14.0. The number of carbonyl (C=O) groups is 2. The van der Waals surface area contributed by atoms with Gasteiger partial charge in [-0.1, -0.05) is 91.0 Å². The van der Waals surface area contributed by atoms with Gasteiger partial charge < -0.3 is 14.6 Å². The third kappa shape index (κ3) is 5.37. The van der Waals surface area contributed by atoms with Gasteiger partial charge in [0.2, 0.25) is 0 Å². The highest BCUT2D eigenvalue weighted by Crippen LogP contribution is 2.29. The summed E-state index contributed by atoms with van der Waals surface area (Å²) in [5, 5.41) is 0. The number of benzene rings is 4. The van der Waals surface area contributed by atoms with Crippen molar-refractivity contribution in [2.75, 3.05) is 32.8 Å². The van der Waals surface area contributed by atoms with Gasteiger partial charge in [-0.25, -0.2) is 9.78 Å². The predicted octanol–water partition coefficient (Wildman–Crippen LogP) is 5.32. The summed E-state index contributed by atoms with van der Waals surface area (Å²) in [5.74, 6) is -0.149. The Bertz CT molecular complexity index is 1540. The molecule has 6 rings (SSSR count). The molecular formula is C33H30N4O3. The minimum absolute atomic E-state index is 0.118. The maximum atomic E-state index is 13.1. The second-order valence-electron chi connectivity index (χ2n) is 9.86. The molecule has 1 amide bonds. The molecule has 0 radical (unpaired) electrons. The van der Waals surface area contributed by atoms with Crippen molar-refractivity contribution in [3.8, 4) is 11.4 Å². The van der Waals surface area contributed by atoms with Crippen LogP contribution in [0.15, 0.2) is 109 Å². The molecule has 1 N–H and O–H groups in total. The minimum Gasteiger partial charge on any atom is -0.452 e. The van der Waals surface area contributed by atoms with E-state index in [2.05, 4.69) is 63.4 Å². The Kier molecular flexibility index (Phi) is 7.37. The number of nitrogens with one attached hydrogen (secondary N) is 1. The third-order valence-electron chi connectivity index (χ3n) is 7.38. The zero-order chi connectivity index (χ0) is 27.3. The quantitative estimate of drug-likeness (QED) is 0.288. The van der Waals surface area contributed by atoms with Gasteiger partial charge in [0.25, 0.3) is 5.91 Å². The number of fused-ring (bicyclic) bond motifs is 1. The third-order valence-corrected chi connectivity index (χ3v) is 7.38. The van der Waals surface area contributed by atoms with Crippen molar-refractivity contribution in [2.24, 2.45) is 0 Å². The largest absolute Gasteiger partial charge is 0.452 e. The number of hydrogen-bond donors (Lipinski definition) is 1. The number of imidazole rings is 1. The molecule has 7 nitrogen and oxygen atoms in total. The number of carbonyl (C=O) groups excluding carboxylic acids is 2. The maximum absolute atomic E-state index is 13.1. The number of para-hydroxylation sites is 2. The van der Waals surface area contributed by atoms with E-state index >= 15 is 0 Å². The molecule has 200 valence electrons. The summed E-state index contributed by atoms with van der Waals surface area (Å²) in [6, 6.07) is 35.9. The van der Waals surface area contributed by atoms with Gasteiger partial charge in [-0.3, -0.25) is 9.69 Å². The van der Waals surface area contributed by atoms with Crippen molar-refractivity contribution in [1.29, 1.82) is 0 Å². The summed E-state index contributed by atoms with van der Waals surface area (Å²) < 4.78 is 5.51. The van der Waals surface area contributed by atoms with Crippen LogP contribution in [-0.2, 0) is 9.53 Å². The Labute approximate surface area is 233 Å². The van der Waals surface area contributed by atoms with Gasteiger partial charge in [0.05, 0.1) is 22.6 Å². The maximum Gasteiger partial charge on any atom is 0.339 e. The lowest BCUT2D eigenvalue weighted by Gasteiger charge is -2.39. The van der Waals surface area contributed by atoms with Gasteiger partial charge in [0.1, 0.15) is 5.82 Å². The number of rotatable bonds is 7. The zero-order valence-electron chi connectivity index (χ0n) is 22.1. The van der Waals surface area contributed by atoms with Gasteiger partial charge in [0.15, 0.2) is 6.61 Å². The molecule has 0 unspecified atom stereocenters. The monoisotopic (exact) mass is 530 g/mol. The summed E-state index contributed by atoms with van der Waals surface area (Å²) >= 11 is 0. The summed E-state index contributed by atoms with van der Waals surface area (Å²) in [6.07, 6.45) is 0. The van der Waals surface area contributed by atoms with Crippen LogP contribution < -0.4 is 0 Å². The lowest BCUT2D eigenvalue weighted by atomic mass is 9.96. The topological polar surface area (TPSA) is 78.5 Å². The minimum atomic E-state index is -0.545. The molecule has 0 bridgehead atoms. The second kappa shape index (κ2) is 11.6. The number of piperazine rings is 1. The highest BCUT2D eigenvalue weighted by Gasteiger charge is 2.28. The Morgan fingerprint density at radius 3 is 2.02 bits per heavy atom. The lowest BCUT2D eigenvalue weighted by molar-refractivity contribution is -0.136. The van der Waals surface area contributed by atoms with Crippen molar-refractivity contribution in [2.45, 2.75) is 6.04 Å². The van der Waals surface area contributed by atoms with E-state index in [9.17, 15) is 9.59 Å². The Morgan fingerprint density at radius 1 is 0.750 bits per heavy atom. The highest BCUT2D eigenvalue weighted by molar-refractivity contribution is 5.98. The molecule has 1 aliphatic heterocycles. The fourth-order valence-electron chi connectivity index (χ4n) is 5.36. The number of H-pyrrole nitrogens is 1. The molecule has 1 saturated heterocycles. The second-order valence-corrected chi connectivity index (χ2v) is 9.86. The highest BCUT2D eigenvalue weighted by atomic mass is 16.5. The van der Waals surface area contributed by atoms with E-state index in [0.717, 1.165) is 24.1 Å². The van der Waals surface area contributed by atoms with Crippen LogP contribution in [0.25, 0.3) is 22.4 Å². The zero-order valence-corrected chi connectivity index (χ0v) is 22.1. The van der Waals surface area contributed by atoms with E-state index in [4.69, 9.17) is 4.74 Å². The Hall–Kier alpha value is -4.75. The van der Waals surface area contributed by atoms with Crippen LogP contribution in [0.2, 0.25) is 0 Å². The number of amides is 1. The first-order chi connectivity index (χ1) is 19.7. The molecule has 0 aliphatic carbocycles. The van der Waals surface area contributed by atoms with Crippen LogP contribution >= 0.6 is 0 Å². The van der Waals surface area contributed by atoms with Gasteiger partial charge in [-0.2, -0.15) is 0 Å². The molecule has 4 aromatic carbocycles. The molecule has 1 fully saturated rings. The van der Waals surface area contributed by atoms with Gasteiger partial charge in [-0.05, 0) is 29.3 Å². The molecule has 7 heteroatoms. The van der Waals surface area contributed by atoms with Crippen LogP contribution in [0.3, 0.4) is 0 Å². The average molecular weight is 531 g/mol. The molecule has 0 atom stereocenters. The van der Waals surface area contributed by atoms with E-state index in [1.807, 2.05) is 48.5 Å². The van der Waals surface area contributed by atoms with Gasteiger partial charge in [-0.15, -0.1) is 0 Å². The molecule has 40 heavy (non-hydrogen) atoms. The van der Waals surface area contributed by atoms with Crippen LogP contribution in [0.4, 0.5) is 0 Å². The fraction of sp³-hybridized carbons (Fsp3) is 0.182.